The number of aromatic nitrogens is 3. The van der Waals surface area contributed by atoms with Crippen molar-refractivity contribution < 1.29 is 14.4 Å². The highest BCUT2D eigenvalue weighted by atomic mass is 32.1. The van der Waals surface area contributed by atoms with Gasteiger partial charge in [-0.3, -0.25) is 4.79 Å². The van der Waals surface area contributed by atoms with Gasteiger partial charge in [0.25, 0.3) is 0 Å². The van der Waals surface area contributed by atoms with Gasteiger partial charge in [0, 0.05) is 17.8 Å². The Labute approximate surface area is 119 Å². The molecule has 0 amide bonds. The Morgan fingerprint density at radius 2 is 2.50 bits per heavy atom. The second-order valence-corrected chi connectivity index (χ2v) is 5.71. The molecule has 1 atom stereocenters. The number of carbonyl (C=O) groups is 1. The van der Waals surface area contributed by atoms with E-state index in [1.807, 2.05) is 0 Å². The smallest absolute Gasteiger partial charge is 0.312 e. The fourth-order valence-corrected chi connectivity index (χ4v) is 3.41. The minimum Gasteiger partial charge on any atom is -0.481 e. The summed E-state index contributed by atoms with van der Waals surface area (Å²) in [5.74, 6) is -0.669. The maximum absolute atomic E-state index is 11.2. The molecule has 0 saturated heterocycles. The topological polar surface area (TPSA) is 101 Å². The maximum Gasteiger partial charge on any atom is 0.312 e. The highest BCUT2D eigenvalue weighted by Crippen LogP contribution is 2.36. The van der Waals surface area contributed by atoms with Gasteiger partial charge in [-0.1, -0.05) is 5.16 Å². The molecule has 2 aromatic rings. The molecule has 1 unspecified atom stereocenters. The molecule has 3 rings (SSSR count). The van der Waals surface area contributed by atoms with E-state index in [0.29, 0.717) is 25.3 Å². The first-order valence-electron chi connectivity index (χ1n) is 6.46. The van der Waals surface area contributed by atoms with E-state index in [0.717, 1.165) is 28.5 Å². The third-order valence-corrected chi connectivity index (χ3v) is 4.36. The SMILES string of the molecule is O=C(O)C1CCCc2sc(NCCc3ncno3)nc21. The molecule has 0 saturated carbocycles. The first-order chi connectivity index (χ1) is 9.74. The van der Waals surface area contributed by atoms with E-state index in [-0.39, 0.29) is 0 Å². The van der Waals surface area contributed by atoms with Crippen LogP contribution in [0.25, 0.3) is 0 Å². The van der Waals surface area contributed by atoms with Gasteiger partial charge in [0.05, 0.1) is 5.69 Å². The first-order valence-corrected chi connectivity index (χ1v) is 7.27. The van der Waals surface area contributed by atoms with Crippen molar-refractivity contribution in [3.05, 3.63) is 22.8 Å². The van der Waals surface area contributed by atoms with E-state index in [1.165, 1.54) is 6.33 Å². The number of aliphatic carboxylic acids is 1. The van der Waals surface area contributed by atoms with Crippen LogP contribution in [0.1, 0.15) is 35.2 Å². The molecule has 0 fully saturated rings. The van der Waals surface area contributed by atoms with Crippen LogP contribution in [-0.2, 0) is 17.6 Å². The zero-order valence-electron chi connectivity index (χ0n) is 10.7. The number of thiazole rings is 1. The third-order valence-electron chi connectivity index (χ3n) is 3.27. The Balaban J connectivity index is 1.65. The maximum atomic E-state index is 11.2. The Kier molecular flexibility index (Phi) is 3.64. The van der Waals surface area contributed by atoms with Crippen molar-refractivity contribution in [1.29, 1.82) is 0 Å². The van der Waals surface area contributed by atoms with Crippen molar-refractivity contribution >= 4 is 22.4 Å². The molecule has 1 aliphatic rings. The lowest BCUT2D eigenvalue weighted by Gasteiger charge is -2.16. The fourth-order valence-electron chi connectivity index (χ4n) is 2.32. The zero-order valence-corrected chi connectivity index (χ0v) is 11.5. The van der Waals surface area contributed by atoms with Crippen molar-refractivity contribution in [3.63, 3.8) is 0 Å². The van der Waals surface area contributed by atoms with Crippen molar-refractivity contribution in [2.24, 2.45) is 0 Å². The van der Waals surface area contributed by atoms with Gasteiger partial charge in [0.1, 0.15) is 5.92 Å². The number of fused-ring (bicyclic) bond motifs is 1. The number of hydrogen-bond donors (Lipinski definition) is 2. The second-order valence-electron chi connectivity index (χ2n) is 4.62. The second kappa shape index (κ2) is 5.58. The van der Waals surface area contributed by atoms with E-state index in [4.69, 9.17) is 4.52 Å². The number of carboxylic acid groups (broad SMARTS) is 1. The van der Waals surface area contributed by atoms with Crippen LogP contribution >= 0.6 is 11.3 Å². The predicted molar refractivity (Wildman–Crippen MR) is 71.9 cm³/mol. The predicted octanol–water partition coefficient (Wildman–Crippen LogP) is 1.69. The summed E-state index contributed by atoms with van der Waals surface area (Å²) in [6, 6.07) is 0. The van der Waals surface area contributed by atoms with Crippen molar-refractivity contribution in [2.75, 3.05) is 11.9 Å². The monoisotopic (exact) mass is 294 g/mol. The van der Waals surface area contributed by atoms with Crippen LogP contribution in [0.15, 0.2) is 10.9 Å². The molecule has 20 heavy (non-hydrogen) atoms. The van der Waals surface area contributed by atoms with Gasteiger partial charge in [-0.25, -0.2) is 4.98 Å². The largest absolute Gasteiger partial charge is 0.481 e. The van der Waals surface area contributed by atoms with Crippen molar-refractivity contribution in [3.8, 4) is 0 Å². The van der Waals surface area contributed by atoms with Crippen LogP contribution in [0.3, 0.4) is 0 Å². The third kappa shape index (κ3) is 2.64. The highest BCUT2D eigenvalue weighted by molar-refractivity contribution is 7.15. The standard InChI is InChI=1S/C12H14N4O3S/c17-11(18)7-2-1-3-8-10(7)16-12(20-8)13-5-4-9-14-6-15-19-9/h6-7H,1-5H2,(H,13,16)(H,17,18). The van der Waals surface area contributed by atoms with E-state index < -0.39 is 11.9 Å². The number of carboxylic acids is 1. The Morgan fingerprint density at radius 1 is 1.60 bits per heavy atom. The lowest BCUT2D eigenvalue weighted by atomic mass is 9.91. The zero-order chi connectivity index (χ0) is 13.9. The number of aryl methyl sites for hydroxylation is 1. The van der Waals surface area contributed by atoms with E-state index >= 15 is 0 Å². The van der Waals surface area contributed by atoms with E-state index in [9.17, 15) is 9.90 Å². The van der Waals surface area contributed by atoms with Gasteiger partial charge in [-0.05, 0) is 19.3 Å². The molecule has 0 aromatic carbocycles. The molecule has 0 bridgehead atoms. The Bertz CT molecular complexity index is 596. The number of anilines is 1. The van der Waals surface area contributed by atoms with Gasteiger partial charge >= 0.3 is 5.97 Å². The van der Waals surface area contributed by atoms with Gasteiger partial charge in [0.2, 0.25) is 5.89 Å². The average Bonchev–Trinajstić information content (AvgIpc) is 3.06. The molecule has 8 heteroatoms. The van der Waals surface area contributed by atoms with Gasteiger partial charge in [-0.2, -0.15) is 4.98 Å². The van der Waals surface area contributed by atoms with Gasteiger partial charge < -0.3 is 14.9 Å². The van der Waals surface area contributed by atoms with Gasteiger partial charge in [0.15, 0.2) is 11.5 Å². The van der Waals surface area contributed by atoms with Crippen LogP contribution in [0.2, 0.25) is 0 Å². The minimum atomic E-state index is -0.784. The number of nitrogens with zero attached hydrogens (tertiary/aromatic N) is 3. The first kappa shape index (κ1) is 13.0. The minimum absolute atomic E-state index is 0.457. The number of rotatable bonds is 5. The molecule has 7 nitrogen and oxygen atoms in total. The molecule has 0 spiro atoms. The van der Waals surface area contributed by atoms with Crippen LogP contribution in [0.5, 0.6) is 0 Å². The number of nitrogens with one attached hydrogen (secondary N) is 1. The van der Waals surface area contributed by atoms with Crippen molar-refractivity contribution in [1.82, 2.24) is 15.1 Å². The van der Waals surface area contributed by atoms with Crippen LogP contribution in [0, 0.1) is 0 Å². The van der Waals surface area contributed by atoms with Crippen LogP contribution in [0.4, 0.5) is 5.13 Å². The molecule has 0 aliphatic heterocycles. The van der Waals surface area contributed by atoms with Crippen molar-refractivity contribution in [2.45, 2.75) is 31.6 Å². The van der Waals surface area contributed by atoms with Gasteiger partial charge in [-0.15, -0.1) is 11.3 Å². The summed E-state index contributed by atoms with van der Waals surface area (Å²) in [4.78, 5) is 20.7. The molecule has 1 aliphatic carbocycles. The van der Waals surface area contributed by atoms with Crippen LogP contribution in [-0.4, -0.2) is 32.7 Å². The number of hydrogen-bond acceptors (Lipinski definition) is 7. The Morgan fingerprint density at radius 3 is 3.25 bits per heavy atom. The summed E-state index contributed by atoms with van der Waals surface area (Å²) in [5.41, 5.74) is 0.731. The normalized spacial score (nSPS) is 17.7. The summed E-state index contributed by atoms with van der Waals surface area (Å²) >= 11 is 1.54. The molecule has 2 N–H and O–H groups in total. The molecule has 2 heterocycles. The molecule has 0 radical (unpaired) electrons. The fraction of sp³-hybridized carbons (Fsp3) is 0.500. The lowest BCUT2D eigenvalue weighted by molar-refractivity contribution is -0.139. The molecular weight excluding hydrogens is 280 g/mol. The highest BCUT2D eigenvalue weighted by Gasteiger charge is 2.29. The summed E-state index contributed by atoms with van der Waals surface area (Å²) in [6.07, 6.45) is 4.49. The summed E-state index contributed by atoms with van der Waals surface area (Å²) in [7, 11) is 0. The van der Waals surface area contributed by atoms with Crippen LogP contribution < -0.4 is 5.32 Å². The quantitative estimate of drug-likeness (QED) is 0.865. The summed E-state index contributed by atoms with van der Waals surface area (Å²) in [6.45, 7) is 0.631. The van der Waals surface area contributed by atoms with E-state index in [2.05, 4.69) is 20.4 Å². The average molecular weight is 294 g/mol. The molecule has 2 aromatic heterocycles. The Hall–Kier alpha value is -1.96. The molecular formula is C12H14N4O3S. The van der Waals surface area contributed by atoms with E-state index in [1.54, 1.807) is 11.3 Å². The summed E-state index contributed by atoms with van der Waals surface area (Å²) < 4.78 is 4.91. The lowest BCUT2D eigenvalue weighted by Crippen LogP contribution is -2.17. The molecule has 106 valence electrons. The summed E-state index contributed by atoms with van der Waals surface area (Å²) in [5, 5.41) is 16.7.